The van der Waals surface area contributed by atoms with E-state index in [0.29, 0.717) is 17.9 Å². The Hall–Kier alpha value is -2.27. The number of carbonyl (C=O) groups excluding carboxylic acids is 2. The first-order valence-electron chi connectivity index (χ1n) is 7.77. The quantitative estimate of drug-likeness (QED) is 0.739. The van der Waals surface area contributed by atoms with Gasteiger partial charge in [0, 0.05) is 17.5 Å². The third-order valence-corrected chi connectivity index (χ3v) is 4.60. The van der Waals surface area contributed by atoms with E-state index >= 15 is 0 Å². The van der Waals surface area contributed by atoms with Crippen LogP contribution in [-0.2, 0) is 9.59 Å². The summed E-state index contributed by atoms with van der Waals surface area (Å²) in [5.74, 6) is 0.550. The van der Waals surface area contributed by atoms with Gasteiger partial charge in [-0.2, -0.15) is 0 Å². The summed E-state index contributed by atoms with van der Waals surface area (Å²) >= 11 is 1.17. The predicted molar refractivity (Wildman–Crippen MR) is 97.5 cm³/mol. The molecule has 0 aliphatic carbocycles. The molecule has 0 N–H and O–H groups in total. The van der Waals surface area contributed by atoms with Crippen molar-refractivity contribution in [2.75, 3.05) is 12.0 Å². The minimum atomic E-state index is -0.513. The smallest absolute Gasteiger partial charge is 0.224 e. The molecule has 0 fully saturated rings. The molecule has 0 aliphatic heterocycles. The average molecular weight is 343 g/mol. The molecule has 5 heteroatoms. The fourth-order valence-corrected chi connectivity index (χ4v) is 3.39. The first-order valence-corrected chi connectivity index (χ1v) is 8.59. The van der Waals surface area contributed by atoms with Crippen LogP contribution in [0.2, 0.25) is 0 Å². The van der Waals surface area contributed by atoms with Crippen molar-refractivity contribution >= 4 is 28.5 Å². The number of thioether (sulfide) groups is 1. The summed E-state index contributed by atoms with van der Waals surface area (Å²) in [5.41, 5.74) is 0.692. The molecule has 0 aromatic heterocycles. The summed E-state index contributed by atoms with van der Waals surface area (Å²) in [6, 6.07) is 16.1. The molecule has 0 heterocycles. The van der Waals surface area contributed by atoms with Crippen LogP contribution in [0, 0.1) is 0 Å². The molecule has 4 nitrogen and oxygen atoms in total. The Kier molecular flexibility index (Phi) is 6.44. The zero-order valence-corrected chi connectivity index (χ0v) is 14.9. The molecule has 0 saturated carbocycles. The highest BCUT2D eigenvalue weighted by molar-refractivity contribution is 8.13. The lowest BCUT2D eigenvalue weighted by molar-refractivity contribution is -0.120. The standard InChI is InChI=1S/C19H21NO3S/c1-4-18(19(22)24-17-8-6-5-7-9-17)20(14(2)21)15-10-12-16(23-3)13-11-15/h5-13,18H,4H2,1-3H3/t18-/m1/s1. The number of rotatable bonds is 6. The van der Waals surface area contributed by atoms with Gasteiger partial charge in [0.15, 0.2) is 0 Å². The number of anilines is 1. The lowest BCUT2D eigenvalue weighted by Crippen LogP contribution is -2.43. The molecule has 0 spiro atoms. The van der Waals surface area contributed by atoms with Crippen LogP contribution in [0.15, 0.2) is 59.5 Å². The van der Waals surface area contributed by atoms with E-state index in [9.17, 15) is 9.59 Å². The molecule has 1 amide bonds. The molecule has 0 unspecified atom stereocenters. The van der Waals surface area contributed by atoms with Crippen molar-refractivity contribution in [3.8, 4) is 5.75 Å². The molecule has 0 radical (unpaired) electrons. The average Bonchev–Trinajstić information content (AvgIpc) is 2.60. The predicted octanol–water partition coefficient (Wildman–Crippen LogP) is 4.15. The van der Waals surface area contributed by atoms with Crippen LogP contribution >= 0.6 is 11.8 Å². The molecule has 2 aromatic rings. The maximum atomic E-state index is 12.7. The number of hydrogen-bond acceptors (Lipinski definition) is 4. The van der Waals surface area contributed by atoms with E-state index in [1.165, 1.54) is 18.7 Å². The number of ether oxygens (including phenoxy) is 1. The fraction of sp³-hybridized carbons (Fsp3) is 0.263. The zero-order valence-electron chi connectivity index (χ0n) is 14.1. The van der Waals surface area contributed by atoms with Crippen LogP contribution in [0.1, 0.15) is 20.3 Å². The van der Waals surface area contributed by atoms with Gasteiger partial charge in [0.2, 0.25) is 11.0 Å². The SMILES string of the molecule is CC[C@H](C(=O)Sc1ccccc1)N(C(C)=O)c1ccc(OC)cc1. The van der Waals surface area contributed by atoms with Gasteiger partial charge < -0.3 is 9.64 Å². The second kappa shape index (κ2) is 8.55. The molecule has 2 rings (SSSR count). The second-order valence-electron chi connectivity index (χ2n) is 5.25. The number of methoxy groups -OCH3 is 1. The van der Waals surface area contributed by atoms with Gasteiger partial charge in [0.1, 0.15) is 11.8 Å². The molecule has 1 atom stereocenters. The Labute approximate surface area is 146 Å². The highest BCUT2D eigenvalue weighted by atomic mass is 32.2. The minimum Gasteiger partial charge on any atom is -0.497 e. The van der Waals surface area contributed by atoms with Crippen LogP contribution in [0.4, 0.5) is 5.69 Å². The zero-order chi connectivity index (χ0) is 17.5. The molecular formula is C19H21NO3S. The summed E-state index contributed by atoms with van der Waals surface area (Å²) in [7, 11) is 1.59. The topological polar surface area (TPSA) is 46.6 Å². The Morgan fingerprint density at radius 2 is 1.71 bits per heavy atom. The highest BCUT2D eigenvalue weighted by Gasteiger charge is 2.28. The number of nitrogens with zero attached hydrogens (tertiary/aromatic N) is 1. The van der Waals surface area contributed by atoms with Gasteiger partial charge >= 0.3 is 0 Å². The monoisotopic (exact) mass is 343 g/mol. The second-order valence-corrected chi connectivity index (χ2v) is 6.32. The van der Waals surface area contributed by atoms with Crippen LogP contribution in [0.3, 0.4) is 0 Å². The van der Waals surface area contributed by atoms with Crippen molar-refractivity contribution in [2.24, 2.45) is 0 Å². The molecule has 126 valence electrons. The maximum Gasteiger partial charge on any atom is 0.224 e. The van der Waals surface area contributed by atoms with E-state index in [1.54, 1.807) is 36.3 Å². The van der Waals surface area contributed by atoms with Crippen molar-refractivity contribution in [2.45, 2.75) is 31.2 Å². The van der Waals surface area contributed by atoms with Crippen molar-refractivity contribution < 1.29 is 14.3 Å². The van der Waals surface area contributed by atoms with E-state index < -0.39 is 6.04 Å². The van der Waals surface area contributed by atoms with Gasteiger partial charge in [-0.05, 0) is 54.6 Å². The van der Waals surface area contributed by atoms with Crippen molar-refractivity contribution in [1.82, 2.24) is 0 Å². The molecule has 0 bridgehead atoms. The third kappa shape index (κ3) is 4.38. The largest absolute Gasteiger partial charge is 0.497 e. The first kappa shape index (κ1) is 18.1. The number of hydrogen-bond donors (Lipinski definition) is 0. The van der Waals surface area contributed by atoms with Gasteiger partial charge in [0.25, 0.3) is 0 Å². The van der Waals surface area contributed by atoms with Gasteiger partial charge in [-0.25, -0.2) is 0 Å². The van der Waals surface area contributed by atoms with Gasteiger partial charge in [-0.15, -0.1) is 0 Å². The van der Waals surface area contributed by atoms with Crippen LogP contribution < -0.4 is 9.64 Å². The molecule has 0 saturated heterocycles. The lowest BCUT2D eigenvalue weighted by atomic mass is 10.1. The van der Waals surface area contributed by atoms with E-state index in [4.69, 9.17) is 4.74 Å². The fourth-order valence-electron chi connectivity index (χ4n) is 2.45. The van der Waals surface area contributed by atoms with E-state index in [0.717, 1.165) is 4.90 Å². The van der Waals surface area contributed by atoms with E-state index in [2.05, 4.69) is 0 Å². The Bertz CT molecular complexity index is 686. The van der Waals surface area contributed by atoms with Crippen LogP contribution in [-0.4, -0.2) is 24.2 Å². The number of carbonyl (C=O) groups is 2. The summed E-state index contributed by atoms with van der Waals surface area (Å²) in [6.07, 6.45) is 0.546. The molecule has 0 aliphatic rings. The number of benzene rings is 2. The van der Waals surface area contributed by atoms with Gasteiger partial charge in [-0.1, -0.05) is 25.1 Å². The van der Waals surface area contributed by atoms with Gasteiger partial charge in [-0.3, -0.25) is 9.59 Å². The van der Waals surface area contributed by atoms with Crippen molar-refractivity contribution in [1.29, 1.82) is 0 Å². The normalized spacial score (nSPS) is 11.6. The summed E-state index contributed by atoms with van der Waals surface area (Å²) in [6.45, 7) is 3.39. The summed E-state index contributed by atoms with van der Waals surface area (Å²) in [4.78, 5) is 27.3. The maximum absolute atomic E-state index is 12.7. The Morgan fingerprint density at radius 3 is 2.21 bits per heavy atom. The lowest BCUT2D eigenvalue weighted by Gasteiger charge is -2.29. The first-order chi connectivity index (χ1) is 11.6. The van der Waals surface area contributed by atoms with Crippen molar-refractivity contribution in [3.63, 3.8) is 0 Å². The van der Waals surface area contributed by atoms with Gasteiger partial charge in [0.05, 0.1) is 7.11 Å². The number of amides is 1. The Balaban J connectivity index is 2.25. The van der Waals surface area contributed by atoms with Crippen molar-refractivity contribution in [3.05, 3.63) is 54.6 Å². The molecule has 2 aromatic carbocycles. The minimum absolute atomic E-state index is 0.0466. The summed E-state index contributed by atoms with van der Waals surface area (Å²) < 4.78 is 5.15. The van der Waals surface area contributed by atoms with Crippen LogP contribution in [0.25, 0.3) is 0 Å². The van der Waals surface area contributed by atoms with Crippen LogP contribution in [0.5, 0.6) is 5.75 Å². The third-order valence-electron chi connectivity index (χ3n) is 3.62. The highest BCUT2D eigenvalue weighted by Crippen LogP contribution is 2.27. The van der Waals surface area contributed by atoms with E-state index in [-0.39, 0.29) is 11.0 Å². The summed E-state index contributed by atoms with van der Waals surface area (Å²) in [5, 5.41) is -0.0466. The Morgan fingerprint density at radius 1 is 1.08 bits per heavy atom. The van der Waals surface area contributed by atoms with E-state index in [1.807, 2.05) is 37.3 Å². The molecular weight excluding hydrogens is 322 g/mol. The molecule has 24 heavy (non-hydrogen) atoms.